The Bertz CT molecular complexity index is 632. The van der Waals surface area contributed by atoms with Crippen LogP contribution < -0.4 is 10.6 Å². The van der Waals surface area contributed by atoms with Gasteiger partial charge in [0.15, 0.2) is 6.29 Å². The van der Waals surface area contributed by atoms with Crippen LogP contribution in [0.4, 0.5) is 5.82 Å². The molecule has 1 aliphatic carbocycles. The standard InChI is InChI=1S/C20H31N3O4/c1-13(24)22-18(20(25)26)8-10-27-17-11-14(12-17)4-6-16-7-5-15-3-2-9-21-19(15)23-16/h5,7,14,17-18,20,25-26H,2-4,6,8-12H2,1H3,(H,21,23)(H,22,24). The fraction of sp³-hybridized carbons (Fsp3) is 0.700. The van der Waals surface area contributed by atoms with Crippen LogP contribution in [0.25, 0.3) is 0 Å². The zero-order valence-corrected chi connectivity index (χ0v) is 16.0. The molecule has 3 rings (SSSR count). The lowest BCUT2D eigenvalue weighted by Crippen LogP contribution is -2.43. The molecule has 1 amide bonds. The third-order valence-corrected chi connectivity index (χ3v) is 5.48. The molecule has 1 fully saturated rings. The first-order valence-electron chi connectivity index (χ1n) is 9.98. The molecule has 0 radical (unpaired) electrons. The zero-order valence-electron chi connectivity index (χ0n) is 16.0. The summed E-state index contributed by atoms with van der Waals surface area (Å²) < 4.78 is 5.80. The number of ether oxygens (including phenoxy) is 1. The first-order valence-corrected chi connectivity index (χ1v) is 9.98. The molecule has 27 heavy (non-hydrogen) atoms. The van der Waals surface area contributed by atoms with Gasteiger partial charge in [0.05, 0.1) is 12.1 Å². The van der Waals surface area contributed by atoms with Crippen molar-refractivity contribution in [3.63, 3.8) is 0 Å². The van der Waals surface area contributed by atoms with E-state index in [0.717, 1.165) is 50.2 Å². The van der Waals surface area contributed by atoms with E-state index in [2.05, 4.69) is 22.8 Å². The molecule has 4 N–H and O–H groups in total. The normalized spacial score (nSPS) is 22.5. The number of carbonyl (C=O) groups is 1. The van der Waals surface area contributed by atoms with Crippen LogP contribution in [-0.4, -0.2) is 52.7 Å². The van der Waals surface area contributed by atoms with E-state index in [-0.39, 0.29) is 12.0 Å². The van der Waals surface area contributed by atoms with Crippen molar-refractivity contribution in [2.75, 3.05) is 18.5 Å². The summed E-state index contributed by atoms with van der Waals surface area (Å²) in [6, 6.07) is 3.68. The Labute approximate surface area is 160 Å². The first kappa shape index (κ1) is 20.0. The molecule has 0 saturated heterocycles. The molecule has 1 atom stereocenters. The van der Waals surface area contributed by atoms with Crippen LogP contribution in [0.3, 0.4) is 0 Å². The van der Waals surface area contributed by atoms with E-state index in [4.69, 9.17) is 9.72 Å². The number of nitrogens with one attached hydrogen (secondary N) is 2. The van der Waals surface area contributed by atoms with E-state index in [0.29, 0.717) is 18.9 Å². The molecular formula is C20H31N3O4. The number of fused-ring (bicyclic) bond motifs is 1. The molecule has 7 nitrogen and oxygen atoms in total. The Morgan fingerprint density at radius 3 is 2.96 bits per heavy atom. The zero-order chi connectivity index (χ0) is 19.2. The summed E-state index contributed by atoms with van der Waals surface area (Å²) in [5.41, 5.74) is 2.48. The summed E-state index contributed by atoms with van der Waals surface area (Å²) in [6.45, 7) is 2.79. The lowest BCUT2D eigenvalue weighted by Gasteiger charge is -2.35. The van der Waals surface area contributed by atoms with Crippen molar-refractivity contribution in [2.24, 2.45) is 5.92 Å². The Kier molecular flexibility index (Phi) is 7.04. The summed E-state index contributed by atoms with van der Waals surface area (Å²) in [7, 11) is 0. The van der Waals surface area contributed by atoms with E-state index in [1.807, 2.05) is 0 Å². The van der Waals surface area contributed by atoms with E-state index in [1.54, 1.807) is 0 Å². The highest BCUT2D eigenvalue weighted by Crippen LogP contribution is 2.34. The maximum absolute atomic E-state index is 11.1. The second-order valence-corrected chi connectivity index (χ2v) is 7.72. The van der Waals surface area contributed by atoms with Crippen LogP contribution in [0.15, 0.2) is 12.1 Å². The molecular weight excluding hydrogens is 346 g/mol. The summed E-state index contributed by atoms with van der Waals surface area (Å²) in [5.74, 6) is 1.45. The second-order valence-electron chi connectivity index (χ2n) is 7.72. The molecule has 2 heterocycles. The van der Waals surface area contributed by atoms with Crippen molar-refractivity contribution < 1.29 is 19.7 Å². The largest absolute Gasteiger partial charge is 0.378 e. The van der Waals surface area contributed by atoms with Crippen molar-refractivity contribution in [1.82, 2.24) is 10.3 Å². The van der Waals surface area contributed by atoms with Crippen LogP contribution in [0.1, 0.15) is 50.3 Å². The number of hydrogen-bond donors (Lipinski definition) is 4. The molecule has 1 unspecified atom stereocenters. The number of aliphatic hydroxyl groups excluding tert-OH is 1. The van der Waals surface area contributed by atoms with Gasteiger partial charge in [0.25, 0.3) is 0 Å². The lowest BCUT2D eigenvalue weighted by molar-refractivity contribution is -0.126. The van der Waals surface area contributed by atoms with Gasteiger partial charge < -0.3 is 25.6 Å². The van der Waals surface area contributed by atoms with Gasteiger partial charge in [-0.25, -0.2) is 4.98 Å². The van der Waals surface area contributed by atoms with Crippen molar-refractivity contribution >= 4 is 11.7 Å². The molecule has 0 bridgehead atoms. The number of carbonyl (C=O) groups excluding carboxylic acids is 1. The van der Waals surface area contributed by atoms with Gasteiger partial charge >= 0.3 is 0 Å². The Hall–Kier alpha value is -1.70. The smallest absolute Gasteiger partial charge is 0.217 e. The van der Waals surface area contributed by atoms with Gasteiger partial charge in [-0.05, 0) is 62.5 Å². The molecule has 7 heteroatoms. The fourth-order valence-electron chi connectivity index (χ4n) is 3.82. The van der Waals surface area contributed by atoms with Crippen molar-refractivity contribution in [3.05, 3.63) is 23.4 Å². The number of aliphatic hydroxyl groups is 2. The molecule has 2 aliphatic rings. The number of aryl methyl sites for hydroxylation is 2. The van der Waals surface area contributed by atoms with Crippen molar-refractivity contribution in [2.45, 2.75) is 70.3 Å². The Balaban J connectivity index is 1.31. The third kappa shape index (κ3) is 5.89. The summed E-state index contributed by atoms with van der Waals surface area (Å²) in [5, 5.41) is 24.4. The third-order valence-electron chi connectivity index (χ3n) is 5.48. The average Bonchev–Trinajstić information content (AvgIpc) is 2.61. The summed E-state index contributed by atoms with van der Waals surface area (Å²) >= 11 is 0. The quantitative estimate of drug-likeness (QED) is 0.485. The van der Waals surface area contributed by atoms with Gasteiger partial charge in [0, 0.05) is 25.8 Å². The number of rotatable bonds is 9. The minimum Gasteiger partial charge on any atom is -0.378 e. The van der Waals surface area contributed by atoms with Crippen LogP contribution in [-0.2, 0) is 22.4 Å². The fourth-order valence-corrected chi connectivity index (χ4v) is 3.82. The minimum atomic E-state index is -1.56. The molecule has 1 saturated carbocycles. The van der Waals surface area contributed by atoms with Crippen LogP contribution >= 0.6 is 0 Å². The topological polar surface area (TPSA) is 104 Å². The predicted molar refractivity (Wildman–Crippen MR) is 102 cm³/mol. The maximum Gasteiger partial charge on any atom is 0.217 e. The van der Waals surface area contributed by atoms with Gasteiger partial charge in [-0.2, -0.15) is 0 Å². The van der Waals surface area contributed by atoms with Crippen LogP contribution in [0.2, 0.25) is 0 Å². The van der Waals surface area contributed by atoms with Gasteiger partial charge in [-0.3, -0.25) is 4.79 Å². The number of amides is 1. The van der Waals surface area contributed by atoms with Gasteiger partial charge in [-0.1, -0.05) is 6.07 Å². The Morgan fingerprint density at radius 1 is 1.41 bits per heavy atom. The SMILES string of the molecule is CC(=O)NC(CCOC1CC(CCc2ccc3c(n2)NCCC3)C1)C(O)O. The molecule has 1 aromatic rings. The summed E-state index contributed by atoms with van der Waals surface area (Å²) in [4.78, 5) is 15.8. The number of hydrogen-bond acceptors (Lipinski definition) is 6. The average molecular weight is 377 g/mol. The molecule has 1 aromatic heterocycles. The monoisotopic (exact) mass is 377 g/mol. The highest BCUT2D eigenvalue weighted by molar-refractivity contribution is 5.73. The maximum atomic E-state index is 11.1. The minimum absolute atomic E-state index is 0.238. The molecule has 1 aliphatic heterocycles. The highest BCUT2D eigenvalue weighted by atomic mass is 16.5. The van der Waals surface area contributed by atoms with E-state index >= 15 is 0 Å². The number of pyridine rings is 1. The summed E-state index contributed by atoms with van der Waals surface area (Å²) in [6.07, 6.45) is 5.55. The van der Waals surface area contributed by atoms with E-state index < -0.39 is 12.3 Å². The van der Waals surface area contributed by atoms with E-state index in [9.17, 15) is 15.0 Å². The van der Waals surface area contributed by atoms with Gasteiger partial charge in [0.2, 0.25) is 5.91 Å². The number of anilines is 1. The predicted octanol–water partition coefficient (Wildman–Crippen LogP) is 1.37. The number of aromatic nitrogens is 1. The molecule has 0 spiro atoms. The van der Waals surface area contributed by atoms with Crippen LogP contribution in [0, 0.1) is 5.92 Å². The molecule has 0 aromatic carbocycles. The first-order chi connectivity index (χ1) is 13.0. The van der Waals surface area contributed by atoms with Crippen LogP contribution in [0.5, 0.6) is 0 Å². The van der Waals surface area contributed by atoms with E-state index in [1.165, 1.54) is 18.9 Å². The van der Waals surface area contributed by atoms with Gasteiger partial charge in [-0.15, -0.1) is 0 Å². The van der Waals surface area contributed by atoms with Crippen molar-refractivity contribution in [1.29, 1.82) is 0 Å². The second kappa shape index (κ2) is 9.48. The molecule has 150 valence electrons. The Morgan fingerprint density at radius 2 is 2.22 bits per heavy atom. The number of nitrogens with zero attached hydrogens (tertiary/aromatic N) is 1. The lowest BCUT2D eigenvalue weighted by atomic mass is 9.79. The highest BCUT2D eigenvalue weighted by Gasteiger charge is 2.30. The van der Waals surface area contributed by atoms with Crippen molar-refractivity contribution in [3.8, 4) is 0 Å². The van der Waals surface area contributed by atoms with Gasteiger partial charge in [0.1, 0.15) is 5.82 Å².